The molecule has 3 rings (SSSR count). The second-order valence-electron chi connectivity index (χ2n) is 5.47. The summed E-state index contributed by atoms with van der Waals surface area (Å²) in [6.45, 7) is 2.04. The van der Waals surface area contributed by atoms with Gasteiger partial charge in [0.05, 0.1) is 27.9 Å². The molecule has 0 bridgehead atoms. The van der Waals surface area contributed by atoms with Crippen molar-refractivity contribution in [2.45, 2.75) is 11.8 Å². The predicted molar refractivity (Wildman–Crippen MR) is 114 cm³/mol. The molecular formula is C19H15BrCl2N2O2S. The van der Waals surface area contributed by atoms with E-state index in [1.807, 2.05) is 30.5 Å². The van der Waals surface area contributed by atoms with Gasteiger partial charge in [0.1, 0.15) is 0 Å². The van der Waals surface area contributed by atoms with E-state index in [0.29, 0.717) is 15.7 Å². The lowest BCUT2D eigenvalue weighted by Gasteiger charge is -2.11. The molecule has 0 atom stereocenters. The first kappa shape index (κ1) is 20.3. The number of ether oxygens (including phenoxy) is 1. The number of aromatic nitrogens is 2. The molecule has 0 spiro atoms. The van der Waals surface area contributed by atoms with Gasteiger partial charge in [0.2, 0.25) is 0 Å². The number of esters is 1. The van der Waals surface area contributed by atoms with Gasteiger partial charge in [-0.3, -0.25) is 0 Å². The maximum absolute atomic E-state index is 12.5. The summed E-state index contributed by atoms with van der Waals surface area (Å²) < 4.78 is 7.72. The van der Waals surface area contributed by atoms with Crippen LogP contribution < -0.4 is 0 Å². The molecule has 0 unspecified atom stereocenters. The number of benzene rings is 2. The van der Waals surface area contributed by atoms with Crippen molar-refractivity contribution in [1.82, 2.24) is 9.78 Å². The third-order valence-electron chi connectivity index (χ3n) is 3.77. The van der Waals surface area contributed by atoms with Gasteiger partial charge in [0.25, 0.3) is 0 Å². The summed E-state index contributed by atoms with van der Waals surface area (Å²) in [5, 5.41) is 5.68. The van der Waals surface area contributed by atoms with Gasteiger partial charge in [0, 0.05) is 15.1 Å². The van der Waals surface area contributed by atoms with E-state index in [-0.39, 0.29) is 12.3 Å². The zero-order valence-corrected chi connectivity index (χ0v) is 18.4. The third kappa shape index (κ3) is 4.19. The molecule has 0 fully saturated rings. The molecule has 0 amide bonds. The number of nitrogens with zero attached hydrogens (tertiary/aromatic N) is 2. The molecule has 2 aromatic carbocycles. The fraction of sp³-hybridized carbons (Fsp3) is 0.158. The Kier molecular flexibility index (Phi) is 6.52. The Bertz CT molecular complexity index is 990. The van der Waals surface area contributed by atoms with Crippen LogP contribution in [0.5, 0.6) is 0 Å². The van der Waals surface area contributed by atoms with Gasteiger partial charge < -0.3 is 4.74 Å². The first-order chi connectivity index (χ1) is 13.0. The Morgan fingerprint density at radius 2 is 1.93 bits per heavy atom. The first-order valence-corrected chi connectivity index (χ1v) is 10.8. The fourth-order valence-corrected chi connectivity index (χ4v) is 4.21. The molecule has 0 saturated heterocycles. The number of thioether (sulfide) groups is 1. The highest BCUT2D eigenvalue weighted by Crippen LogP contribution is 2.38. The molecule has 0 aliphatic heterocycles. The molecule has 0 aliphatic rings. The summed E-state index contributed by atoms with van der Waals surface area (Å²) in [4.78, 5) is 13.2. The summed E-state index contributed by atoms with van der Waals surface area (Å²) in [6.07, 6.45) is 1.90. The van der Waals surface area contributed by atoms with E-state index in [1.54, 1.807) is 29.8 Å². The number of carbonyl (C=O) groups is 1. The minimum atomic E-state index is -0.468. The molecule has 1 heterocycles. The van der Waals surface area contributed by atoms with Crippen molar-refractivity contribution in [2.75, 3.05) is 12.9 Å². The highest BCUT2D eigenvalue weighted by Gasteiger charge is 2.26. The van der Waals surface area contributed by atoms with Crippen LogP contribution in [0.3, 0.4) is 0 Å². The quantitative estimate of drug-likeness (QED) is 0.305. The van der Waals surface area contributed by atoms with Gasteiger partial charge in [-0.05, 0) is 43.5 Å². The lowest BCUT2D eigenvalue weighted by molar-refractivity contribution is 0.0515. The third-order valence-corrected chi connectivity index (χ3v) is 5.61. The maximum atomic E-state index is 12.5. The molecule has 8 heteroatoms. The largest absolute Gasteiger partial charge is 0.461 e. The average molecular weight is 486 g/mol. The first-order valence-electron chi connectivity index (χ1n) is 8.01. The van der Waals surface area contributed by atoms with Crippen molar-refractivity contribution >= 4 is 56.9 Å². The summed E-state index contributed by atoms with van der Waals surface area (Å²) in [5.41, 5.74) is 2.54. The predicted octanol–water partition coefficient (Wildman–Crippen LogP) is 6.51. The highest BCUT2D eigenvalue weighted by molar-refractivity contribution is 9.10. The van der Waals surface area contributed by atoms with E-state index < -0.39 is 5.97 Å². The fourth-order valence-electron chi connectivity index (χ4n) is 2.62. The van der Waals surface area contributed by atoms with Crippen LogP contribution in [0, 0.1) is 0 Å². The van der Waals surface area contributed by atoms with Crippen LogP contribution >= 0.6 is 50.9 Å². The molecule has 4 nitrogen and oxygen atoms in total. The highest BCUT2D eigenvalue weighted by atomic mass is 79.9. The molecule has 27 heavy (non-hydrogen) atoms. The topological polar surface area (TPSA) is 44.1 Å². The Morgan fingerprint density at radius 3 is 2.52 bits per heavy atom. The van der Waals surface area contributed by atoms with Gasteiger partial charge in [-0.2, -0.15) is 5.10 Å². The van der Waals surface area contributed by atoms with Crippen molar-refractivity contribution in [3.8, 4) is 16.9 Å². The van der Waals surface area contributed by atoms with E-state index in [0.717, 1.165) is 20.6 Å². The van der Waals surface area contributed by atoms with Crippen LogP contribution in [-0.2, 0) is 4.74 Å². The molecule has 140 valence electrons. The van der Waals surface area contributed by atoms with E-state index >= 15 is 0 Å². The van der Waals surface area contributed by atoms with E-state index in [4.69, 9.17) is 27.9 Å². The smallest absolute Gasteiger partial charge is 0.360 e. The zero-order valence-electron chi connectivity index (χ0n) is 14.5. The van der Waals surface area contributed by atoms with Crippen molar-refractivity contribution in [3.05, 3.63) is 62.7 Å². The molecule has 0 saturated carbocycles. The molecule has 0 aliphatic carbocycles. The average Bonchev–Trinajstić information content (AvgIpc) is 3.02. The van der Waals surface area contributed by atoms with Crippen molar-refractivity contribution in [1.29, 1.82) is 0 Å². The summed E-state index contributed by atoms with van der Waals surface area (Å²) in [6, 6.07) is 12.9. The molecule has 1 aromatic heterocycles. The Labute approximate surface area is 179 Å². The molecular weight excluding hydrogens is 471 g/mol. The standard InChI is InChI=1S/C19H15BrCl2N2O2S/c1-3-26-19(25)16-18(27-2)17(11-4-7-13(21)8-5-11)24(23-16)15-9-6-12(20)10-14(15)22/h4-10H,3H2,1-2H3. The molecule has 0 radical (unpaired) electrons. The Balaban J connectivity index is 2.30. The van der Waals surface area contributed by atoms with E-state index in [1.165, 1.54) is 11.8 Å². The molecule has 0 N–H and O–H groups in total. The second kappa shape index (κ2) is 8.69. The van der Waals surface area contributed by atoms with Crippen LogP contribution in [0.15, 0.2) is 51.8 Å². The van der Waals surface area contributed by atoms with Crippen molar-refractivity contribution < 1.29 is 9.53 Å². The number of halogens is 3. The lowest BCUT2D eigenvalue weighted by atomic mass is 10.1. The van der Waals surface area contributed by atoms with Crippen LogP contribution in [-0.4, -0.2) is 28.6 Å². The van der Waals surface area contributed by atoms with Crippen LogP contribution in [0.4, 0.5) is 0 Å². The summed E-state index contributed by atoms with van der Waals surface area (Å²) in [5.74, 6) is -0.468. The monoisotopic (exact) mass is 484 g/mol. The SMILES string of the molecule is CCOC(=O)c1nn(-c2ccc(Br)cc2Cl)c(-c2ccc(Cl)cc2)c1SC. The van der Waals surface area contributed by atoms with Gasteiger partial charge in [-0.25, -0.2) is 9.48 Å². The van der Waals surface area contributed by atoms with Crippen LogP contribution in [0.25, 0.3) is 16.9 Å². The van der Waals surface area contributed by atoms with Crippen molar-refractivity contribution in [3.63, 3.8) is 0 Å². The number of hydrogen-bond donors (Lipinski definition) is 0. The Hall–Kier alpha value is -1.47. The Morgan fingerprint density at radius 1 is 1.22 bits per heavy atom. The summed E-state index contributed by atoms with van der Waals surface area (Å²) in [7, 11) is 0. The second-order valence-corrected chi connectivity index (χ2v) is 8.04. The number of carbonyl (C=O) groups excluding carboxylic acids is 1. The zero-order chi connectivity index (χ0) is 19.6. The normalized spacial score (nSPS) is 10.9. The van der Waals surface area contributed by atoms with Gasteiger partial charge in [-0.1, -0.05) is 51.3 Å². The van der Waals surface area contributed by atoms with Crippen LogP contribution in [0.2, 0.25) is 10.0 Å². The van der Waals surface area contributed by atoms with Gasteiger partial charge in [-0.15, -0.1) is 11.8 Å². The lowest BCUT2D eigenvalue weighted by Crippen LogP contribution is -2.07. The minimum Gasteiger partial charge on any atom is -0.461 e. The maximum Gasteiger partial charge on any atom is 0.360 e. The summed E-state index contributed by atoms with van der Waals surface area (Å²) >= 11 is 17.3. The molecule has 3 aromatic rings. The van der Waals surface area contributed by atoms with Gasteiger partial charge in [0.15, 0.2) is 5.69 Å². The minimum absolute atomic E-state index is 0.258. The van der Waals surface area contributed by atoms with Gasteiger partial charge >= 0.3 is 5.97 Å². The number of hydrogen-bond acceptors (Lipinski definition) is 4. The van der Waals surface area contributed by atoms with E-state index in [9.17, 15) is 4.79 Å². The van der Waals surface area contributed by atoms with Crippen LogP contribution in [0.1, 0.15) is 17.4 Å². The number of rotatable bonds is 5. The van der Waals surface area contributed by atoms with Crippen molar-refractivity contribution in [2.24, 2.45) is 0 Å². The van der Waals surface area contributed by atoms with E-state index in [2.05, 4.69) is 21.0 Å².